The van der Waals surface area contributed by atoms with Crippen molar-refractivity contribution >= 4 is 16.2 Å². The third-order valence-electron chi connectivity index (χ3n) is 2.52. The van der Waals surface area contributed by atoms with Crippen LogP contribution in [-0.4, -0.2) is 64.3 Å². The molecule has 1 fully saturated rings. The fraction of sp³-hybridized carbons (Fsp3) is 0.889. The van der Waals surface area contributed by atoms with E-state index in [0.717, 1.165) is 4.31 Å². The number of nitrogens with zero attached hydrogens (tertiary/aromatic N) is 1. The van der Waals surface area contributed by atoms with Gasteiger partial charge in [0.05, 0.1) is 26.2 Å². The van der Waals surface area contributed by atoms with E-state index in [1.807, 2.05) is 0 Å². The number of morpholine rings is 1. The second-order valence-electron chi connectivity index (χ2n) is 4.07. The average Bonchev–Trinajstić information content (AvgIpc) is 2.36. The van der Waals surface area contributed by atoms with Gasteiger partial charge in [-0.25, -0.2) is 0 Å². The highest BCUT2D eigenvalue weighted by molar-refractivity contribution is 7.87. The first-order chi connectivity index (χ1) is 9.14. The Morgan fingerprint density at radius 3 is 2.70 bits per heavy atom. The first-order valence-electron chi connectivity index (χ1n) is 5.64. The van der Waals surface area contributed by atoms with Crippen molar-refractivity contribution in [3.63, 3.8) is 0 Å². The Balaban J connectivity index is 2.59. The lowest BCUT2D eigenvalue weighted by Gasteiger charge is -2.31. The van der Waals surface area contributed by atoms with E-state index in [1.54, 1.807) is 0 Å². The summed E-state index contributed by atoms with van der Waals surface area (Å²) in [7, 11) is -3.09. The van der Waals surface area contributed by atoms with E-state index in [2.05, 4.69) is 4.74 Å². The molecular formula is C9H15F3N2O5S. The van der Waals surface area contributed by atoms with Gasteiger partial charge in [0, 0.05) is 13.1 Å². The van der Waals surface area contributed by atoms with Crippen LogP contribution in [0.4, 0.5) is 13.2 Å². The van der Waals surface area contributed by atoms with Crippen molar-refractivity contribution < 1.29 is 35.9 Å². The summed E-state index contributed by atoms with van der Waals surface area (Å²) in [6.45, 7) is -1.93. The molecule has 0 amide bonds. The van der Waals surface area contributed by atoms with Gasteiger partial charge in [-0.3, -0.25) is 4.79 Å². The van der Waals surface area contributed by atoms with Gasteiger partial charge in [-0.1, -0.05) is 0 Å². The predicted octanol–water partition coefficient (Wildman–Crippen LogP) is -0.353. The maximum absolute atomic E-state index is 12.0. The Morgan fingerprint density at radius 1 is 1.50 bits per heavy atom. The summed E-state index contributed by atoms with van der Waals surface area (Å²) in [6, 6.07) is 0. The van der Waals surface area contributed by atoms with Gasteiger partial charge < -0.3 is 9.47 Å². The number of carbonyl (C=O) groups excluding carboxylic acids is 1. The van der Waals surface area contributed by atoms with E-state index < -0.39 is 35.0 Å². The van der Waals surface area contributed by atoms with Gasteiger partial charge in [-0.15, -0.1) is 0 Å². The molecule has 118 valence electrons. The molecule has 1 aliphatic heterocycles. The lowest BCUT2D eigenvalue weighted by molar-refractivity contribution is -0.145. The van der Waals surface area contributed by atoms with Crippen LogP contribution in [0.2, 0.25) is 0 Å². The van der Waals surface area contributed by atoms with E-state index in [-0.39, 0.29) is 26.1 Å². The molecule has 0 aliphatic carbocycles. The smallest absolute Gasteiger partial charge is 0.402 e. The van der Waals surface area contributed by atoms with Crippen molar-refractivity contribution in [1.82, 2.24) is 9.03 Å². The summed E-state index contributed by atoms with van der Waals surface area (Å²) in [6.07, 6.45) is -5.54. The topological polar surface area (TPSA) is 84.9 Å². The molecule has 0 radical (unpaired) electrons. The normalized spacial score (nSPS) is 21.7. The Kier molecular flexibility index (Phi) is 5.74. The fourth-order valence-electron chi connectivity index (χ4n) is 1.57. The molecule has 0 spiro atoms. The van der Waals surface area contributed by atoms with Crippen LogP contribution in [0.5, 0.6) is 0 Å². The average molecular weight is 320 g/mol. The van der Waals surface area contributed by atoms with E-state index >= 15 is 0 Å². The van der Waals surface area contributed by atoms with Crippen molar-refractivity contribution in [3.8, 4) is 0 Å². The standard InChI is InChI=1S/C9H15F3N2O5S/c1-18-8(15)4-7-5-14(2-3-19-7)20(16,17)13-6-9(10,11)12/h7,13H,2-6H2,1H3. The Labute approximate surface area is 114 Å². The number of rotatable bonds is 5. The van der Waals surface area contributed by atoms with Gasteiger partial charge in [0.2, 0.25) is 0 Å². The largest absolute Gasteiger partial charge is 0.469 e. The fourth-order valence-corrected chi connectivity index (χ4v) is 2.77. The molecule has 0 aromatic carbocycles. The van der Waals surface area contributed by atoms with E-state index in [0.29, 0.717) is 0 Å². The number of hydrogen-bond acceptors (Lipinski definition) is 5. The molecule has 1 unspecified atom stereocenters. The zero-order chi connectivity index (χ0) is 15.4. The Hall–Kier alpha value is -0.910. The summed E-state index contributed by atoms with van der Waals surface area (Å²) in [4.78, 5) is 11.1. The molecule has 20 heavy (non-hydrogen) atoms. The minimum Gasteiger partial charge on any atom is -0.469 e. The third-order valence-corrected chi connectivity index (χ3v) is 4.04. The van der Waals surface area contributed by atoms with Crippen molar-refractivity contribution in [1.29, 1.82) is 0 Å². The number of carbonyl (C=O) groups is 1. The first-order valence-corrected chi connectivity index (χ1v) is 7.08. The Morgan fingerprint density at radius 2 is 2.15 bits per heavy atom. The summed E-state index contributed by atoms with van der Waals surface area (Å²) in [5.74, 6) is -0.586. The van der Waals surface area contributed by atoms with E-state index in [9.17, 15) is 26.4 Å². The van der Waals surface area contributed by atoms with Gasteiger partial charge in [-0.05, 0) is 0 Å². The number of ether oxygens (including phenoxy) is 2. The second kappa shape index (κ2) is 6.70. The molecule has 1 N–H and O–H groups in total. The number of alkyl halides is 3. The predicted molar refractivity (Wildman–Crippen MR) is 60.9 cm³/mol. The molecule has 11 heteroatoms. The molecule has 1 heterocycles. The highest BCUT2D eigenvalue weighted by Crippen LogP contribution is 2.15. The van der Waals surface area contributed by atoms with Gasteiger partial charge in [-0.2, -0.15) is 30.6 Å². The molecule has 0 bridgehead atoms. The van der Waals surface area contributed by atoms with Crippen LogP contribution in [-0.2, 0) is 24.5 Å². The minimum absolute atomic E-state index is 0.00537. The highest BCUT2D eigenvalue weighted by atomic mass is 32.2. The summed E-state index contributed by atoms with van der Waals surface area (Å²) >= 11 is 0. The van der Waals surface area contributed by atoms with E-state index in [1.165, 1.54) is 11.8 Å². The number of methoxy groups -OCH3 is 1. The van der Waals surface area contributed by atoms with Crippen molar-refractivity contribution in [2.24, 2.45) is 0 Å². The SMILES string of the molecule is COC(=O)CC1CN(S(=O)(=O)NCC(F)(F)F)CCO1. The zero-order valence-electron chi connectivity index (χ0n) is 10.6. The van der Waals surface area contributed by atoms with Gasteiger partial charge >= 0.3 is 12.1 Å². The third kappa shape index (κ3) is 5.61. The van der Waals surface area contributed by atoms with Gasteiger partial charge in [0.15, 0.2) is 0 Å². The van der Waals surface area contributed by atoms with Crippen molar-refractivity contribution in [3.05, 3.63) is 0 Å². The molecule has 1 aliphatic rings. The second-order valence-corrected chi connectivity index (χ2v) is 5.83. The van der Waals surface area contributed by atoms with Crippen LogP contribution in [0.15, 0.2) is 0 Å². The molecule has 0 saturated carbocycles. The summed E-state index contributed by atoms with van der Waals surface area (Å²) in [5, 5.41) is 0. The molecule has 0 aromatic heterocycles. The molecular weight excluding hydrogens is 305 g/mol. The molecule has 0 aromatic rings. The summed E-state index contributed by atoms with van der Waals surface area (Å²) < 4.78 is 71.3. The maximum atomic E-state index is 12.0. The summed E-state index contributed by atoms with van der Waals surface area (Å²) in [5.41, 5.74) is 0. The quantitative estimate of drug-likeness (QED) is 0.700. The van der Waals surface area contributed by atoms with Gasteiger partial charge in [0.25, 0.3) is 10.2 Å². The number of halogens is 3. The van der Waals surface area contributed by atoms with Gasteiger partial charge in [0.1, 0.15) is 6.54 Å². The number of nitrogens with one attached hydrogen (secondary N) is 1. The van der Waals surface area contributed by atoms with Crippen LogP contribution >= 0.6 is 0 Å². The lowest BCUT2D eigenvalue weighted by Crippen LogP contribution is -2.51. The zero-order valence-corrected chi connectivity index (χ0v) is 11.5. The van der Waals surface area contributed by atoms with Crippen LogP contribution in [0, 0.1) is 0 Å². The molecule has 7 nitrogen and oxygen atoms in total. The molecule has 1 atom stereocenters. The van der Waals surface area contributed by atoms with Crippen molar-refractivity contribution in [2.45, 2.75) is 18.7 Å². The van der Waals surface area contributed by atoms with Crippen LogP contribution < -0.4 is 4.72 Å². The maximum Gasteiger partial charge on any atom is 0.402 e. The van der Waals surface area contributed by atoms with Crippen LogP contribution in [0.1, 0.15) is 6.42 Å². The molecule has 1 rings (SSSR count). The monoisotopic (exact) mass is 320 g/mol. The Bertz CT molecular complexity index is 439. The first kappa shape index (κ1) is 17.1. The number of hydrogen-bond donors (Lipinski definition) is 1. The van der Waals surface area contributed by atoms with Crippen LogP contribution in [0.25, 0.3) is 0 Å². The van der Waals surface area contributed by atoms with Crippen molar-refractivity contribution in [2.75, 3.05) is 33.4 Å². The van der Waals surface area contributed by atoms with Crippen LogP contribution in [0.3, 0.4) is 0 Å². The highest BCUT2D eigenvalue weighted by Gasteiger charge is 2.34. The van der Waals surface area contributed by atoms with E-state index in [4.69, 9.17) is 4.74 Å². The lowest BCUT2D eigenvalue weighted by atomic mass is 10.2. The minimum atomic E-state index is -4.63. The number of esters is 1. The molecule has 1 saturated heterocycles.